The first-order chi connectivity index (χ1) is 18.5. The van der Waals surface area contributed by atoms with E-state index in [1.807, 2.05) is 18.7 Å². The molecule has 39 heavy (non-hydrogen) atoms. The van der Waals surface area contributed by atoms with Gasteiger partial charge in [0.05, 0.1) is 28.4 Å². The first-order valence-corrected chi connectivity index (χ1v) is 13.3. The van der Waals surface area contributed by atoms with E-state index >= 15 is 0 Å². The predicted octanol–water partition coefficient (Wildman–Crippen LogP) is 7.58. The number of nitrogens with zero attached hydrogens (tertiary/aromatic N) is 4. The molecule has 0 aliphatic carbocycles. The van der Waals surface area contributed by atoms with Crippen molar-refractivity contribution in [3.8, 4) is 11.3 Å². The van der Waals surface area contributed by atoms with Crippen LogP contribution in [0, 0.1) is 0 Å². The molecule has 1 N–H and O–H groups in total. The van der Waals surface area contributed by atoms with Crippen LogP contribution in [0.3, 0.4) is 0 Å². The molecule has 204 valence electrons. The van der Waals surface area contributed by atoms with Crippen LogP contribution in [0.1, 0.15) is 29.9 Å². The summed E-state index contributed by atoms with van der Waals surface area (Å²) in [5, 5.41) is 3.59. The summed E-state index contributed by atoms with van der Waals surface area (Å²) >= 11 is 1.85. The Hall–Kier alpha value is -3.38. The van der Waals surface area contributed by atoms with Gasteiger partial charge in [0, 0.05) is 47.4 Å². The van der Waals surface area contributed by atoms with Crippen LogP contribution >= 0.6 is 11.8 Å². The minimum absolute atomic E-state index is 0.187. The molecule has 1 saturated heterocycles. The molecule has 2 aromatic heterocycles. The van der Waals surface area contributed by atoms with Gasteiger partial charge in [0.15, 0.2) is 0 Å². The molecule has 1 fully saturated rings. The first-order valence-electron chi connectivity index (χ1n) is 12.1. The molecule has 3 heterocycles. The van der Waals surface area contributed by atoms with Crippen LogP contribution in [0.25, 0.3) is 22.2 Å². The Bertz CT molecular complexity index is 1470. The molecular weight excluding hydrogens is 540 g/mol. The van der Waals surface area contributed by atoms with E-state index in [0.717, 1.165) is 42.8 Å². The van der Waals surface area contributed by atoms with Crippen LogP contribution in [0.5, 0.6) is 0 Å². The third-order valence-electron chi connectivity index (χ3n) is 6.54. The molecule has 1 aliphatic rings. The molecule has 1 unspecified atom stereocenters. The Labute approximate surface area is 224 Å². The van der Waals surface area contributed by atoms with Gasteiger partial charge >= 0.3 is 12.4 Å². The van der Waals surface area contributed by atoms with Gasteiger partial charge in [0.1, 0.15) is 11.6 Å². The zero-order chi connectivity index (χ0) is 27.8. The predicted molar refractivity (Wildman–Crippen MR) is 140 cm³/mol. The number of rotatable bonds is 5. The maximum Gasteiger partial charge on any atom is 0.418 e. The molecule has 0 saturated carbocycles. The standard InChI is InChI=1S/C27H23F6N5S/c1-16(38-11-13-39-14-12-38)24-36-22-15-17(23-21(27(31,32)33)3-2-10-34-23)4-9-20(22)25(37-24)35-19-7-5-18(6-8-19)26(28,29)30/h2-10,15-16H,11-14H2,1H3,(H,35,36,37). The summed E-state index contributed by atoms with van der Waals surface area (Å²) in [6, 6.07) is 11.2. The summed E-state index contributed by atoms with van der Waals surface area (Å²) in [5.74, 6) is 2.71. The summed E-state index contributed by atoms with van der Waals surface area (Å²) < 4.78 is 80.1. The van der Waals surface area contributed by atoms with E-state index in [4.69, 9.17) is 9.97 Å². The second kappa shape index (κ2) is 10.6. The van der Waals surface area contributed by atoms with E-state index in [2.05, 4.69) is 15.2 Å². The fraction of sp³-hybridized carbons (Fsp3) is 0.296. The van der Waals surface area contributed by atoms with Crippen molar-refractivity contribution in [2.75, 3.05) is 29.9 Å². The number of alkyl halides is 6. The van der Waals surface area contributed by atoms with Gasteiger partial charge < -0.3 is 5.32 Å². The first kappa shape index (κ1) is 27.2. The highest BCUT2D eigenvalue weighted by Gasteiger charge is 2.34. The lowest BCUT2D eigenvalue weighted by atomic mass is 10.0. The lowest BCUT2D eigenvalue weighted by Crippen LogP contribution is -2.35. The van der Waals surface area contributed by atoms with Crippen LogP contribution in [0.4, 0.5) is 37.8 Å². The van der Waals surface area contributed by atoms with Gasteiger partial charge in [-0.15, -0.1) is 0 Å². The van der Waals surface area contributed by atoms with Gasteiger partial charge in [0.25, 0.3) is 0 Å². The molecule has 0 amide bonds. The van der Waals surface area contributed by atoms with Crippen LogP contribution < -0.4 is 5.32 Å². The van der Waals surface area contributed by atoms with E-state index in [9.17, 15) is 26.3 Å². The summed E-state index contributed by atoms with van der Waals surface area (Å²) in [6.45, 7) is 3.62. The van der Waals surface area contributed by atoms with Gasteiger partial charge in [-0.05, 0) is 55.5 Å². The number of pyridine rings is 1. The number of hydrogen-bond acceptors (Lipinski definition) is 6. The zero-order valence-corrected chi connectivity index (χ0v) is 21.5. The van der Waals surface area contributed by atoms with Gasteiger partial charge in [0.2, 0.25) is 0 Å². The summed E-state index contributed by atoms with van der Waals surface area (Å²) in [4.78, 5) is 15.6. The topological polar surface area (TPSA) is 53.9 Å². The van der Waals surface area contributed by atoms with Crippen LogP contribution in [0.2, 0.25) is 0 Å². The number of anilines is 2. The number of benzene rings is 2. The number of hydrogen-bond donors (Lipinski definition) is 1. The molecule has 1 atom stereocenters. The largest absolute Gasteiger partial charge is 0.418 e. The van der Waals surface area contributed by atoms with Crippen molar-refractivity contribution in [2.24, 2.45) is 0 Å². The monoisotopic (exact) mass is 563 g/mol. The number of halogens is 6. The van der Waals surface area contributed by atoms with Crippen molar-refractivity contribution in [1.82, 2.24) is 19.9 Å². The highest BCUT2D eigenvalue weighted by molar-refractivity contribution is 7.99. The lowest BCUT2D eigenvalue weighted by molar-refractivity contribution is -0.138. The molecule has 0 spiro atoms. The lowest BCUT2D eigenvalue weighted by Gasteiger charge is -2.31. The molecule has 0 radical (unpaired) electrons. The molecule has 5 rings (SSSR count). The minimum Gasteiger partial charge on any atom is -0.340 e. The average molecular weight is 564 g/mol. The fourth-order valence-corrected chi connectivity index (χ4v) is 5.38. The third kappa shape index (κ3) is 5.96. The number of fused-ring (bicyclic) bond motifs is 1. The number of aromatic nitrogens is 3. The van der Waals surface area contributed by atoms with E-state index in [-0.39, 0.29) is 17.3 Å². The zero-order valence-electron chi connectivity index (χ0n) is 20.6. The van der Waals surface area contributed by atoms with Gasteiger partial charge in [-0.3, -0.25) is 9.88 Å². The highest BCUT2D eigenvalue weighted by atomic mass is 32.2. The minimum atomic E-state index is -4.59. The third-order valence-corrected chi connectivity index (χ3v) is 7.49. The molecule has 2 aromatic carbocycles. The highest BCUT2D eigenvalue weighted by Crippen LogP contribution is 2.38. The van der Waals surface area contributed by atoms with Crippen molar-refractivity contribution in [1.29, 1.82) is 0 Å². The van der Waals surface area contributed by atoms with Gasteiger partial charge in [-0.25, -0.2) is 9.97 Å². The van der Waals surface area contributed by atoms with Gasteiger partial charge in [-0.1, -0.05) is 6.07 Å². The Morgan fingerprint density at radius 3 is 2.28 bits per heavy atom. The van der Waals surface area contributed by atoms with Crippen LogP contribution in [-0.2, 0) is 12.4 Å². The normalized spacial score (nSPS) is 15.9. The Kier molecular flexibility index (Phi) is 7.43. The van der Waals surface area contributed by atoms with Crippen molar-refractivity contribution in [3.05, 3.63) is 77.7 Å². The van der Waals surface area contributed by atoms with E-state index in [1.54, 1.807) is 6.07 Å². The average Bonchev–Trinajstić information content (AvgIpc) is 2.92. The van der Waals surface area contributed by atoms with Crippen molar-refractivity contribution < 1.29 is 26.3 Å². The second-order valence-corrected chi connectivity index (χ2v) is 10.3. The second-order valence-electron chi connectivity index (χ2n) is 9.08. The molecule has 1 aliphatic heterocycles. The molecular formula is C27H23F6N5S. The Morgan fingerprint density at radius 1 is 0.897 bits per heavy atom. The Balaban J connectivity index is 1.60. The molecule has 12 heteroatoms. The summed E-state index contributed by atoms with van der Waals surface area (Å²) in [7, 11) is 0. The maximum absolute atomic E-state index is 13.7. The quantitative estimate of drug-likeness (QED) is 0.253. The smallest absolute Gasteiger partial charge is 0.340 e. The molecule has 0 bridgehead atoms. The van der Waals surface area contributed by atoms with E-state index in [0.29, 0.717) is 28.2 Å². The van der Waals surface area contributed by atoms with Gasteiger partial charge in [-0.2, -0.15) is 38.1 Å². The van der Waals surface area contributed by atoms with Crippen molar-refractivity contribution in [3.63, 3.8) is 0 Å². The Morgan fingerprint density at radius 2 is 1.62 bits per heavy atom. The van der Waals surface area contributed by atoms with Crippen LogP contribution in [-0.4, -0.2) is 44.4 Å². The fourth-order valence-electron chi connectivity index (χ4n) is 4.45. The summed E-state index contributed by atoms with van der Waals surface area (Å²) in [6.07, 6.45) is -7.76. The number of thioether (sulfide) groups is 1. The SMILES string of the molecule is CC(c1nc(Nc2ccc(C(F)(F)F)cc2)c2ccc(-c3ncccc3C(F)(F)F)cc2n1)N1CCSCC1. The van der Waals surface area contributed by atoms with Crippen molar-refractivity contribution in [2.45, 2.75) is 25.3 Å². The van der Waals surface area contributed by atoms with E-state index in [1.165, 1.54) is 36.5 Å². The van der Waals surface area contributed by atoms with Crippen molar-refractivity contribution >= 4 is 34.2 Å². The maximum atomic E-state index is 13.7. The summed E-state index contributed by atoms with van der Waals surface area (Å²) in [5.41, 5.74) is -0.847. The number of nitrogens with one attached hydrogen (secondary N) is 1. The van der Waals surface area contributed by atoms with E-state index < -0.39 is 23.5 Å². The molecule has 4 aromatic rings. The van der Waals surface area contributed by atoms with Crippen LogP contribution in [0.15, 0.2) is 60.8 Å². The molecule has 5 nitrogen and oxygen atoms in total.